The summed E-state index contributed by atoms with van der Waals surface area (Å²) in [6.45, 7) is 2.21. The molecule has 0 aromatic carbocycles. The van der Waals surface area contributed by atoms with E-state index in [9.17, 15) is 13.5 Å². The number of rotatable bonds is 8. The summed E-state index contributed by atoms with van der Waals surface area (Å²) in [7, 11) is -3.54. The van der Waals surface area contributed by atoms with Crippen LogP contribution in [0.25, 0.3) is 0 Å². The van der Waals surface area contributed by atoms with Gasteiger partial charge in [0.05, 0.1) is 12.7 Å². The van der Waals surface area contributed by atoms with Gasteiger partial charge in [0.15, 0.2) is 0 Å². The fraction of sp³-hybridized carbons (Fsp3) is 1.00. The third kappa shape index (κ3) is 3.32. The van der Waals surface area contributed by atoms with Crippen molar-refractivity contribution >= 4 is 21.7 Å². The molecule has 4 nitrogen and oxygen atoms in total. The molecule has 0 heterocycles. The molecule has 1 atom stereocenters. The first-order chi connectivity index (χ1) is 7.47. The highest BCUT2D eigenvalue weighted by atomic mass is 35.5. The number of hydrogen-bond donors (Lipinski definition) is 1. The van der Waals surface area contributed by atoms with Gasteiger partial charge in [-0.05, 0) is 25.7 Å². The Kier molecular flexibility index (Phi) is 5.04. The molecule has 96 valence electrons. The fourth-order valence-corrected chi connectivity index (χ4v) is 3.31. The SMILES string of the molecule is CCCCOS(=O)(=O)C1(C[C@@H](O)CCl)CC1. The first kappa shape index (κ1) is 14.2. The van der Waals surface area contributed by atoms with Crippen molar-refractivity contribution in [3.8, 4) is 0 Å². The van der Waals surface area contributed by atoms with Crippen molar-refractivity contribution in [3.05, 3.63) is 0 Å². The zero-order valence-electron chi connectivity index (χ0n) is 9.49. The van der Waals surface area contributed by atoms with E-state index < -0.39 is 21.0 Å². The zero-order valence-corrected chi connectivity index (χ0v) is 11.1. The van der Waals surface area contributed by atoms with Gasteiger partial charge in [-0.25, -0.2) is 0 Å². The molecule has 0 bridgehead atoms. The molecule has 0 aromatic heterocycles. The number of aliphatic hydroxyl groups excluding tert-OH is 1. The van der Waals surface area contributed by atoms with Gasteiger partial charge in [0.1, 0.15) is 4.75 Å². The first-order valence-corrected chi connectivity index (χ1v) is 7.55. The van der Waals surface area contributed by atoms with Crippen molar-refractivity contribution in [2.45, 2.75) is 49.9 Å². The molecule has 0 radical (unpaired) electrons. The molecule has 0 amide bonds. The third-order valence-electron chi connectivity index (χ3n) is 2.86. The molecule has 0 saturated heterocycles. The third-order valence-corrected chi connectivity index (χ3v) is 5.33. The zero-order chi connectivity index (χ0) is 12.2. The highest BCUT2D eigenvalue weighted by molar-refractivity contribution is 7.88. The minimum Gasteiger partial charge on any atom is -0.392 e. The van der Waals surface area contributed by atoms with Crippen LogP contribution < -0.4 is 0 Å². The molecule has 1 aliphatic rings. The highest BCUT2D eigenvalue weighted by Gasteiger charge is 2.56. The van der Waals surface area contributed by atoms with Crippen LogP contribution in [-0.2, 0) is 14.3 Å². The predicted molar refractivity (Wildman–Crippen MR) is 63.1 cm³/mol. The Hall–Kier alpha value is 0.160. The summed E-state index contributed by atoms with van der Waals surface area (Å²) in [6.07, 6.45) is 2.17. The lowest BCUT2D eigenvalue weighted by Gasteiger charge is -2.18. The average Bonchev–Trinajstić information content (AvgIpc) is 2.99. The van der Waals surface area contributed by atoms with Gasteiger partial charge in [0, 0.05) is 5.88 Å². The van der Waals surface area contributed by atoms with Gasteiger partial charge >= 0.3 is 0 Å². The van der Waals surface area contributed by atoms with Gasteiger partial charge in [0.25, 0.3) is 10.1 Å². The Balaban J connectivity index is 2.54. The van der Waals surface area contributed by atoms with Gasteiger partial charge in [-0.3, -0.25) is 4.18 Å². The van der Waals surface area contributed by atoms with Crippen LogP contribution in [0, 0.1) is 0 Å². The number of alkyl halides is 1. The minimum absolute atomic E-state index is 0.0617. The van der Waals surface area contributed by atoms with Gasteiger partial charge in [-0.1, -0.05) is 13.3 Å². The molecule has 1 aliphatic carbocycles. The quantitative estimate of drug-likeness (QED) is 0.414. The topological polar surface area (TPSA) is 63.6 Å². The second-order valence-electron chi connectivity index (χ2n) is 4.32. The molecule has 1 fully saturated rings. The Morgan fingerprint density at radius 3 is 2.56 bits per heavy atom. The number of aliphatic hydroxyl groups is 1. The van der Waals surface area contributed by atoms with E-state index in [1.807, 2.05) is 6.92 Å². The standard InChI is InChI=1S/C10H19ClO4S/c1-2-3-6-15-16(13,14)10(4-5-10)7-9(12)8-11/h9,12H,2-8H2,1H3/t9-/m1/s1. The highest BCUT2D eigenvalue weighted by Crippen LogP contribution is 2.48. The van der Waals surface area contributed by atoms with Crippen LogP contribution in [0.2, 0.25) is 0 Å². The molecule has 6 heteroatoms. The molecule has 1 rings (SSSR count). The summed E-state index contributed by atoms with van der Waals surface area (Å²) in [5.74, 6) is 0.0617. The minimum atomic E-state index is -3.54. The number of hydrogen-bond acceptors (Lipinski definition) is 4. The van der Waals surface area contributed by atoms with E-state index >= 15 is 0 Å². The number of halogens is 1. The summed E-state index contributed by atoms with van der Waals surface area (Å²) in [6, 6.07) is 0. The lowest BCUT2D eigenvalue weighted by molar-refractivity contribution is 0.179. The Bertz CT molecular complexity index is 311. The van der Waals surface area contributed by atoms with E-state index in [-0.39, 0.29) is 18.9 Å². The van der Waals surface area contributed by atoms with Crippen molar-refractivity contribution in [1.82, 2.24) is 0 Å². The maximum atomic E-state index is 11.9. The van der Waals surface area contributed by atoms with Crippen molar-refractivity contribution in [1.29, 1.82) is 0 Å². The van der Waals surface area contributed by atoms with Crippen molar-refractivity contribution in [2.24, 2.45) is 0 Å². The van der Waals surface area contributed by atoms with Gasteiger partial charge < -0.3 is 5.11 Å². The number of unbranched alkanes of at least 4 members (excludes halogenated alkanes) is 1. The van der Waals surface area contributed by atoms with Crippen LogP contribution in [0.5, 0.6) is 0 Å². The maximum Gasteiger partial charge on any atom is 0.273 e. The molecule has 1 N–H and O–H groups in total. The maximum absolute atomic E-state index is 11.9. The molecule has 16 heavy (non-hydrogen) atoms. The first-order valence-electron chi connectivity index (χ1n) is 5.60. The van der Waals surface area contributed by atoms with E-state index in [1.165, 1.54) is 0 Å². The van der Waals surface area contributed by atoms with Crippen molar-refractivity contribution in [3.63, 3.8) is 0 Å². The van der Waals surface area contributed by atoms with Gasteiger partial charge in [-0.2, -0.15) is 8.42 Å². The summed E-state index contributed by atoms with van der Waals surface area (Å²) < 4.78 is 27.8. The lowest BCUT2D eigenvalue weighted by Crippen LogP contribution is -2.31. The van der Waals surface area contributed by atoms with E-state index in [0.29, 0.717) is 12.8 Å². The van der Waals surface area contributed by atoms with Crippen LogP contribution in [-0.4, -0.2) is 36.9 Å². The van der Waals surface area contributed by atoms with Crippen molar-refractivity contribution in [2.75, 3.05) is 12.5 Å². The van der Waals surface area contributed by atoms with Gasteiger partial charge in [-0.15, -0.1) is 11.6 Å². The smallest absolute Gasteiger partial charge is 0.273 e. The molecular formula is C10H19ClO4S. The Labute approximate surface area is 102 Å². The van der Waals surface area contributed by atoms with Crippen LogP contribution >= 0.6 is 11.6 Å². The van der Waals surface area contributed by atoms with E-state index in [0.717, 1.165) is 12.8 Å². The molecule has 0 aromatic rings. The van der Waals surface area contributed by atoms with E-state index in [1.54, 1.807) is 0 Å². The van der Waals surface area contributed by atoms with Crippen molar-refractivity contribution < 1.29 is 17.7 Å². The second kappa shape index (κ2) is 5.67. The normalized spacial score (nSPS) is 20.7. The van der Waals surface area contributed by atoms with E-state index in [2.05, 4.69) is 0 Å². The van der Waals surface area contributed by atoms with Crippen LogP contribution in [0.15, 0.2) is 0 Å². The Morgan fingerprint density at radius 1 is 1.50 bits per heavy atom. The van der Waals surface area contributed by atoms with Crippen LogP contribution in [0.4, 0.5) is 0 Å². The largest absolute Gasteiger partial charge is 0.392 e. The van der Waals surface area contributed by atoms with Gasteiger partial charge in [0.2, 0.25) is 0 Å². The monoisotopic (exact) mass is 270 g/mol. The fourth-order valence-electron chi connectivity index (χ4n) is 1.62. The Morgan fingerprint density at radius 2 is 2.12 bits per heavy atom. The van der Waals surface area contributed by atoms with Crippen LogP contribution in [0.3, 0.4) is 0 Å². The second-order valence-corrected chi connectivity index (χ2v) is 6.64. The summed E-state index contributed by atoms with van der Waals surface area (Å²) in [5, 5.41) is 9.42. The molecule has 0 aliphatic heterocycles. The summed E-state index contributed by atoms with van der Waals surface area (Å²) in [4.78, 5) is 0. The predicted octanol–water partition coefficient (Wildman–Crippen LogP) is 1.66. The molecule has 1 saturated carbocycles. The van der Waals surface area contributed by atoms with Crippen LogP contribution in [0.1, 0.15) is 39.0 Å². The molecule has 0 spiro atoms. The molecular weight excluding hydrogens is 252 g/mol. The summed E-state index contributed by atoms with van der Waals surface area (Å²) >= 11 is 5.48. The molecule has 0 unspecified atom stereocenters. The summed E-state index contributed by atoms with van der Waals surface area (Å²) in [5.41, 5.74) is 0. The lowest BCUT2D eigenvalue weighted by atomic mass is 10.2. The van der Waals surface area contributed by atoms with E-state index in [4.69, 9.17) is 15.8 Å². The average molecular weight is 271 g/mol.